The molecule has 0 spiro atoms. The van der Waals surface area contributed by atoms with Gasteiger partial charge < -0.3 is 5.73 Å². The van der Waals surface area contributed by atoms with Crippen LogP contribution in [0.2, 0.25) is 0 Å². The number of benzene rings is 1. The normalized spacial score (nSPS) is 20.1. The lowest BCUT2D eigenvalue weighted by Gasteiger charge is -2.15. The van der Waals surface area contributed by atoms with Gasteiger partial charge in [0.25, 0.3) is 0 Å². The van der Waals surface area contributed by atoms with Crippen molar-refractivity contribution >= 4 is 17.5 Å². The van der Waals surface area contributed by atoms with Gasteiger partial charge in [0.15, 0.2) is 0 Å². The molecule has 1 saturated heterocycles. The minimum absolute atomic E-state index is 0.0472. The Kier molecular flexibility index (Phi) is 2.83. The molecule has 1 heterocycles. The van der Waals surface area contributed by atoms with E-state index in [1.807, 2.05) is 0 Å². The highest BCUT2D eigenvalue weighted by molar-refractivity contribution is 6.03. The number of halogens is 1. The first kappa shape index (κ1) is 11.6. The third-order valence-electron chi connectivity index (χ3n) is 2.90. The quantitative estimate of drug-likeness (QED) is 0.622. The zero-order valence-corrected chi connectivity index (χ0v) is 9.44. The molecule has 0 radical (unpaired) electrons. The second-order valence-electron chi connectivity index (χ2n) is 4.27. The molecule has 90 valence electrons. The molecule has 1 aromatic carbocycles. The third kappa shape index (κ3) is 2.13. The van der Waals surface area contributed by atoms with Crippen LogP contribution in [0.3, 0.4) is 0 Å². The Labute approximate surface area is 98.2 Å². The number of hydrogen-bond donors (Lipinski definition) is 1. The zero-order valence-electron chi connectivity index (χ0n) is 9.44. The molecule has 2 N–H and O–H groups in total. The molecule has 5 heteroatoms. The van der Waals surface area contributed by atoms with Crippen molar-refractivity contribution < 1.29 is 14.0 Å². The van der Waals surface area contributed by atoms with E-state index in [1.54, 1.807) is 6.92 Å². The summed E-state index contributed by atoms with van der Waals surface area (Å²) in [5.74, 6) is -1.18. The second kappa shape index (κ2) is 4.16. The first-order valence-electron chi connectivity index (χ1n) is 5.37. The molecule has 1 aliphatic heterocycles. The predicted octanol–water partition coefficient (Wildman–Crippen LogP) is 1.30. The van der Waals surface area contributed by atoms with Crippen molar-refractivity contribution in [3.8, 4) is 0 Å². The molecule has 0 saturated carbocycles. The summed E-state index contributed by atoms with van der Waals surface area (Å²) in [4.78, 5) is 24.4. The van der Waals surface area contributed by atoms with E-state index >= 15 is 0 Å². The van der Waals surface area contributed by atoms with E-state index in [0.717, 1.165) is 4.90 Å². The van der Waals surface area contributed by atoms with Crippen LogP contribution in [0, 0.1) is 11.7 Å². The average Bonchev–Trinajstić information content (AvgIpc) is 2.50. The number of imide groups is 1. The van der Waals surface area contributed by atoms with Gasteiger partial charge in [-0.05, 0) is 23.8 Å². The fourth-order valence-electron chi connectivity index (χ4n) is 1.90. The van der Waals surface area contributed by atoms with Crippen molar-refractivity contribution in [3.63, 3.8) is 0 Å². The Morgan fingerprint density at radius 1 is 1.47 bits per heavy atom. The maximum Gasteiger partial charge on any atom is 0.232 e. The summed E-state index contributed by atoms with van der Waals surface area (Å²) in [7, 11) is 0. The standard InChI is InChI=1S/C12H13FN2O2/c1-7-4-11(16)15(12(7)17)6-8-5-9(13)2-3-10(8)14/h2-3,5,7H,4,6,14H2,1H3. The van der Waals surface area contributed by atoms with Gasteiger partial charge in [0.05, 0.1) is 6.54 Å². The van der Waals surface area contributed by atoms with Gasteiger partial charge in [-0.25, -0.2) is 4.39 Å². The Morgan fingerprint density at radius 2 is 2.18 bits per heavy atom. The van der Waals surface area contributed by atoms with E-state index in [9.17, 15) is 14.0 Å². The van der Waals surface area contributed by atoms with Crippen LogP contribution < -0.4 is 5.73 Å². The van der Waals surface area contributed by atoms with E-state index in [1.165, 1.54) is 18.2 Å². The minimum Gasteiger partial charge on any atom is -0.398 e. The van der Waals surface area contributed by atoms with Gasteiger partial charge in [0.1, 0.15) is 5.82 Å². The van der Waals surface area contributed by atoms with E-state index in [-0.39, 0.29) is 30.7 Å². The van der Waals surface area contributed by atoms with Crippen molar-refractivity contribution in [1.29, 1.82) is 0 Å². The van der Waals surface area contributed by atoms with Gasteiger partial charge in [-0.3, -0.25) is 14.5 Å². The molecule has 0 aromatic heterocycles. The maximum atomic E-state index is 13.0. The molecule has 1 aliphatic rings. The molecule has 1 aromatic rings. The second-order valence-corrected chi connectivity index (χ2v) is 4.27. The average molecular weight is 236 g/mol. The van der Waals surface area contributed by atoms with Crippen LogP contribution in [0.15, 0.2) is 18.2 Å². The van der Waals surface area contributed by atoms with Crippen molar-refractivity contribution in [2.24, 2.45) is 5.92 Å². The van der Waals surface area contributed by atoms with Crippen LogP contribution in [-0.2, 0) is 16.1 Å². The van der Waals surface area contributed by atoms with Gasteiger partial charge >= 0.3 is 0 Å². The zero-order chi connectivity index (χ0) is 12.6. The summed E-state index contributed by atoms with van der Waals surface area (Å²) in [5, 5.41) is 0. The number of hydrogen-bond acceptors (Lipinski definition) is 3. The lowest BCUT2D eigenvalue weighted by atomic mass is 10.1. The first-order chi connectivity index (χ1) is 7.99. The fraction of sp³-hybridized carbons (Fsp3) is 0.333. The van der Waals surface area contributed by atoms with Gasteiger partial charge in [-0.15, -0.1) is 0 Å². The molecular weight excluding hydrogens is 223 g/mol. The van der Waals surface area contributed by atoms with Gasteiger partial charge in [0.2, 0.25) is 11.8 Å². The van der Waals surface area contributed by atoms with Crippen LogP contribution in [0.4, 0.5) is 10.1 Å². The molecular formula is C12H13FN2O2. The van der Waals surface area contributed by atoms with Gasteiger partial charge in [-0.2, -0.15) is 0 Å². The van der Waals surface area contributed by atoms with Gasteiger partial charge in [-0.1, -0.05) is 6.92 Å². The number of rotatable bonds is 2. The Morgan fingerprint density at radius 3 is 2.76 bits per heavy atom. The minimum atomic E-state index is -0.429. The van der Waals surface area contributed by atoms with Crippen molar-refractivity contribution in [1.82, 2.24) is 4.90 Å². The van der Waals surface area contributed by atoms with Crippen LogP contribution in [0.1, 0.15) is 18.9 Å². The van der Waals surface area contributed by atoms with Crippen LogP contribution in [-0.4, -0.2) is 16.7 Å². The molecule has 17 heavy (non-hydrogen) atoms. The molecule has 0 bridgehead atoms. The largest absolute Gasteiger partial charge is 0.398 e. The predicted molar refractivity (Wildman–Crippen MR) is 60.2 cm³/mol. The summed E-state index contributed by atoms with van der Waals surface area (Å²) < 4.78 is 13.0. The molecule has 4 nitrogen and oxygen atoms in total. The van der Waals surface area contributed by atoms with E-state index in [0.29, 0.717) is 11.3 Å². The number of likely N-dealkylation sites (tertiary alicyclic amines) is 1. The molecule has 2 rings (SSSR count). The Balaban J connectivity index is 2.24. The number of nitrogens with zero attached hydrogens (tertiary/aromatic N) is 1. The van der Waals surface area contributed by atoms with E-state index in [4.69, 9.17) is 5.73 Å². The maximum absolute atomic E-state index is 13.0. The highest BCUT2D eigenvalue weighted by Crippen LogP contribution is 2.23. The summed E-state index contributed by atoms with van der Waals surface area (Å²) >= 11 is 0. The smallest absolute Gasteiger partial charge is 0.232 e. The summed E-state index contributed by atoms with van der Waals surface area (Å²) in [6.45, 7) is 1.75. The summed E-state index contributed by atoms with van der Waals surface area (Å²) in [6.07, 6.45) is 0.216. The van der Waals surface area contributed by atoms with Crippen LogP contribution in [0.5, 0.6) is 0 Å². The molecule has 0 aliphatic carbocycles. The molecule has 2 amide bonds. The van der Waals surface area contributed by atoms with Crippen LogP contribution in [0.25, 0.3) is 0 Å². The van der Waals surface area contributed by atoms with Crippen molar-refractivity contribution in [2.75, 3.05) is 5.73 Å². The summed E-state index contributed by atoms with van der Waals surface area (Å²) in [5.41, 5.74) is 6.52. The monoisotopic (exact) mass is 236 g/mol. The SMILES string of the molecule is CC1CC(=O)N(Cc2cc(F)ccc2N)C1=O. The Hall–Kier alpha value is -1.91. The lowest BCUT2D eigenvalue weighted by molar-refractivity contribution is -0.139. The number of carbonyl (C=O) groups is 2. The first-order valence-corrected chi connectivity index (χ1v) is 5.37. The fourth-order valence-corrected chi connectivity index (χ4v) is 1.90. The highest BCUT2D eigenvalue weighted by Gasteiger charge is 2.35. The topological polar surface area (TPSA) is 63.4 Å². The van der Waals surface area contributed by atoms with E-state index in [2.05, 4.69) is 0 Å². The number of nitrogen functional groups attached to an aromatic ring is 1. The Bertz CT molecular complexity index is 487. The van der Waals surface area contributed by atoms with Crippen molar-refractivity contribution in [3.05, 3.63) is 29.6 Å². The third-order valence-corrected chi connectivity index (χ3v) is 2.90. The number of nitrogens with two attached hydrogens (primary N) is 1. The van der Waals surface area contributed by atoms with Gasteiger partial charge in [0, 0.05) is 18.0 Å². The number of amides is 2. The molecule has 1 fully saturated rings. The number of carbonyl (C=O) groups excluding carboxylic acids is 2. The molecule has 1 unspecified atom stereocenters. The number of anilines is 1. The highest BCUT2D eigenvalue weighted by atomic mass is 19.1. The van der Waals surface area contributed by atoms with E-state index < -0.39 is 5.82 Å². The lowest BCUT2D eigenvalue weighted by Crippen LogP contribution is -2.30. The molecule has 1 atom stereocenters. The van der Waals surface area contributed by atoms with Crippen molar-refractivity contribution in [2.45, 2.75) is 19.9 Å². The van der Waals surface area contributed by atoms with Crippen LogP contribution >= 0.6 is 0 Å². The summed E-state index contributed by atoms with van der Waals surface area (Å²) in [6, 6.07) is 3.92.